The van der Waals surface area contributed by atoms with Gasteiger partial charge in [0.2, 0.25) is 5.91 Å². The van der Waals surface area contributed by atoms with Crippen molar-refractivity contribution in [3.63, 3.8) is 0 Å². The first kappa shape index (κ1) is 20.0. The number of aromatic nitrogens is 1. The summed E-state index contributed by atoms with van der Waals surface area (Å²) in [4.78, 5) is 18.3. The van der Waals surface area contributed by atoms with Crippen molar-refractivity contribution in [3.05, 3.63) is 53.0 Å². The summed E-state index contributed by atoms with van der Waals surface area (Å²) in [5, 5.41) is 3.88. The molecule has 1 amide bonds. The van der Waals surface area contributed by atoms with E-state index in [-0.39, 0.29) is 18.4 Å². The van der Waals surface area contributed by atoms with Crippen LogP contribution >= 0.6 is 11.3 Å². The van der Waals surface area contributed by atoms with Gasteiger partial charge in [-0.15, -0.1) is 11.3 Å². The zero-order chi connectivity index (χ0) is 20.6. The first-order chi connectivity index (χ1) is 13.9. The Labute approximate surface area is 174 Å². The van der Waals surface area contributed by atoms with Crippen molar-refractivity contribution in [2.75, 3.05) is 18.4 Å². The summed E-state index contributed by atoms with van der Waals surface area (Å²) >= 11 is 1.27. The summed E-state index contributed by atoms with van der Waals surface area (Å²) < 4.78 is 27.7. The molecule has 0 spiro atoms. The third kappa shape index (κ3) is 3.92. The van der Waals surface area contributed by atoms with Gasteiger partial charge in [-0.25, -0.2) is 8.42 Å². The lowest BCUT2D eigenvalue weighted by molar-refractivity contribution is -0.120. The monoisotopic (exact) mass is 429 g/mol. The summed E-state index contributed by atoms with van der Waals surface area (Å²) in [6, 6.07) is 11.0. The summed E-state index contributed by atoms with van der Waals surface area (Å²) in [6.07, 6.45) is 3.07. The number of benzene rings is 1. The quantitative estimate of drug-likeness (QED) is 0.681. The molecule has 8 heteroatoms. The Balaban J connectivity index is 1.53. The van der Waals surface area contributed by atoms with Crippen LogP contribution in [0.5, 0.6) is 0 Å². The summed E-state index contributed by atoms with van der Waals surface area (Å²) in [5.41, 5.74) is 2.60. The molecule has 1 fully saturated rings. The molecular weight excluding hydrogens is 406 g/mol. The molecule has 4 rings (SSSR count). The molecule has 1 aromatic carbocycles. The fourth-order valence-corrected chi connectivity index (χ4v) is 6.67. The molecule has 1 N–H and O–H groups in total. The van der Waals surface area contributed by atoms with E-state index in [1.165, 1.54) is 15.6 Å². The smallest absolute Gasteiger partial charge is 0.252 e. The Hall–Kier alpha value is -2.29. The second-order valence-corrected chi connectivity index (χ2v) is 10.8. The Morgan fingerprint density at radius 2 is 2.03 bits per heavy atom. The van der Waals surface area contributed by atoms with Gasteiger partial charge in [0.15, 0.2) is 0 Å². The van der Waals surface area contributed by atoms with Gasteiger partial charge in [0.1, 0.15) is 4.21 Å². The highest BCUT2D eigenvalue weighted by Gasteiger charge is 2.34. The van der Waals surface area contributed by atoms with Gasteiger partial charge in [-0.1, -0.05) is 6.07 Å². The van der Waals surface area contributed by atoms with Crippen LogP contribution in [0.25, 0.3) is 10.9 Å². The van der Waals surface area contributed by atoms with Crippen LogP contribution in [0.3, 0.4) is 0 Å². The number of amides is 1. The number of nitrogens with one attached hydrogen (secondary N) is 1. The molecule has 0 unspecified atom stereocenters. The van der Waals surface area contributed by atoms with Gasteiger partial charge < -0.3 is 5.32 Å². The maximum absolute atomic E-state index is 13.0. The minimum atomic E-state index is -3.56. The molecular formula is C21H23N3O3S2. The van der Waals surface area contributed by atoms with Crippen LogP contribution in [-0.4, -0.2) is 36.7 Å². The number of hydrogen-bond donors (Lipinski definition) is 1. The van der Waals surface area contributed by atoms with Gasteiger partial charge in [-0.3, -0.25) is 9.78 Å². The molecule has 1 saturated heterocycles. The largest absolute Gasteiger partial charge is 0.325 e. The van der Waals surface area contributed by atoms with Crippen molar-refractivity contribution < 1.29 is 13.2 Å². The van der Waals surface area contributed by atoms with E-state index in [0.29, 0.717) is 29.3 Å². The predicted octanol–water partition coefficient (Wildman–Crippen LogP) is 3.95. The molecule has 3 aromatic rings. The second-order valence-electron chi connectivity index (χ2n) is 7.39. The van der Waals surface area contributed by atoms with Crippen molar-refractivity contribution in [2.45, 2.75) is 30.9 Å². The third-order valence-corrected chi connectivity index (χ3v) is 8.63. The Morgan fingerprint density at radius 3 is 2.79 bits per heavy atom. The minimum absolute atomic E-state index is 0.152. The number of pyridine rings is 1. The molecule has 0 bridgehead atoms. The number of nitrogens with zero attached hydrogens (tertiary/aromatic N) is 2. The molecule has 0 radical (unpaired) electrons. The summed E-state index contributed by atoms with van der Waals surface area (Å²) in [6.45, 7) is 4.52. The standard InChI is InChI=1S/C21H23N3O3S2/c1-14-7-9-18(17-6-3-11-22-20(14)17)23-21(25)16-5-4-12-24(13-16)29(26,27)19-10-8-15(2)28-19/h3,6-11,16H,4-5,12-13H2,1-2H3,(H,23,25)/t16-/m1/s1. The number of hydrogen-bond acceptors (Lipinski definition) is 5. The van der Waals surface area contributed by atoms with Gasteiger partial charge in [-0.05, 0) is 62.6 Å². The summed E-state index contributed by atoms with van der Waals surface area (Å²) in [7, 11) is -3.56. The van der Waals surface area contributed by atoms with Gasteiger partial charge in [0.05, 0.1) is 17.1 Å². The van der Waals surface area contributed by atoms with Crippen molar-refractivity contribution in [2.24, 2.45) is 5.92 Å². The number of piperidine rings is 1. The molecule has 0 saturated carbocycles. The first-order valence-corrected chi connectivity index (χ1v) is 11.8. The van der Waals surface area contributed by atoms with Crippen LogP contribution in [0.2, 0.25) is 0 Å². The number of thiophene rings is 1. The SMILES string of the molecule is Cc1ccc(S(=O)(=O)N2CCC[C@@H](C(=O)Nc3ccc(C)c4ncccc34)C2)s1. The topological polar surface area (TPSA) is 79.4 Å². The first-order valence-electron chi connectivity index (χ1n) is 9.58. The van der Waals surface area contributed by atoms with E-state index in [0.717, 1.165) is 21.3 Å². The second kappa shape index (κ2) is 7.85. The minimum Gasteiger partial charge on any atom is -0.325 e. The van der Waals surface area contributed by atoms with Crippen LogP contribution in [0.15, 0.2) is 46.8 Å². The highest BCUT2D eigenvalue weighted by molar-refractivity contribution is 7.91. The maximum atomic E-state index is 13.0. The molecule has 3 heterocycles. The van der Waals surface area contributed by atoms with E-state index in [1.807, 2.05) is 44.2 Å². The lowest BCUT2D eigenvalue weighted by atomic mass is 9.98. The van der Waals surface area contributed by atoms with Crippen LogP contribution in [0.4, 0.5) is 5.69 Å². The zero-order valence-electron chi connectivity index (χ0n) is 16.4. The molecule has 6 nitrogen and oxygen atoms in total. The fourth-order valence-electron chi connectivity index (χ4n) is 3.71. The lowest BCUT2D eigenvalue weighted by Gasteiger charge is -2.30. The Bertz CT molecular complexity index is 1170. The van der Waals surface area contributed by atoms with Crippen LogP contribution in [0.1, 0.15) is 23.3 Å². The summed E-state index contributed by atoms with van der Waals surface area (Å²) in [5.74, 6) is -0.533. The lowest BCUT2D eigenvalue weighted by Crippen LogP contribution is -2.43. The van der Waals surface area contributed by atoms with E-state index < -0.39 is 10.0 Å². The van der Waals surface area contributed by atoms with Crippen molar-refractivity contribution in [1.82, 2.24) is 9.29 Å². The number of sulfonamides is 1. The number of carbonyl (C=O) groups is 1. The fraction of sp³-hybridized carbons (Fsp3) is 0.333. The zero-order valence-corrected chi connectivity index (χ0v) is 18.0. The molecule has 1 aliphatic heterocycles. The van der Waals surface area contributed by atoms with E-state index in [1.54, 1.807) is 12.3 Å². The molecule has 29 heavy (non-hydrogen) atoms. The molecule has 1 aliphatic rings. The van der Waals surface area contributed by atoms with Gasteiger partial charge >= 0.3 is 0 Å². The predicted molar refractivity (Wildman–Crippen MR) is 116 cm³/mol. The van der Waals surface area contributed by atoms with Crippen molar-refractivity contribution in [3.8, 4) is 0 Å². The van der Waals surface area contributed by atoms with Gasteiger partial charge in [-0.2, -0.15) is 4.31 Å². The molecule has 0 aliphatic carbocycles. The Morgan fingerprint density at radius 1 is 1.21 bits per heavy atom. The van der Waals surface area contributed by atoms with E-state index in [2.05, 4.69) is 10.3 Å². The van der Waals surface area contributed by atoms with Gasteiger partial charge in [0.25, 0.3) is 10.0 Å². The van der Waals surface area contributed by atoms with Crippen molar-refractivity contribution >= 4 is 43.9 Å². The van der Waals surface area contributed by atoms with E-state index in [4.69, 9.17) is 0 Å². The third-order valence-electron chi connectivity index (χ3n) is 5.29. The van der Waals surface area contributed by atoms with Crippen molar-refractivity contribution in [1.29, 1.82) is 0 Å². The Kier molecular flexibility index (Phi) is 5.42. The number of rotatable bonds is 4. The van der Waals surface area contributed by atoms with Gasteiger partial charge in [0, 0.05) is 29.5 Å². The molecule has 2 aromatic heterocycles. The van der Waals surface area contributed by atoms with E-state index in [9.17, 15) is 13.2 Å². The normalized spacial score (nSPS) is 18.1. The number of carbonyl (C=O) groups excluding carboxylic acids is 1. The molecule has 152 valence electrons. The average Bonchev–Trinajstić information content (AvgIpc) is 3.17. The van der Waals surface area contributed by atoms with Crippen LogP contribution in [-0.2, 0) is 14.8 Å². The van der Waals surface area contributed by atoms with E-state index >= 15 is 0 Å². The number of aryl methyl sites for hydroxylation is 2. The highest BCUT2D eigenvalue weighted by atomic mass is 32.2. The average molecular weight is 430 g/mol. The van der Waals surface area contributed by atoms with Crippen LogP contribution in [0, 0.1) is 19.8 Å². The van der Waals surface area contributed by atoms with Crippen LogP contribution < -0.4 is 5.32 Å². The maximum Gasteiger partial charge on any atom is 0.252 e. The number of anilines is 1. The highest BCUT2D eigenvalue weighted by Crippen LogP contribution is 2.30. The molecule has 1 atom stereocenters. The number of fused-ring (bicyclic) bond motifs is 1.